The van der Waals surface area contributed by atoms with E-state index in [9.17, 15) is 13.2 Å². The number of carboxylic acids is 1. The van der Waals surface area contributed by atoms with Crippen LogP contribution in [0.3, 0.4) is 0 Å². The van der Waals surface area contributed by atoms with Gasteiger partial charge in [0.05, 0.1) is 4.90 Å². The summed E-state index contributed by atoms with van der Waals surface area (Å²) in [4.78, 5) is 11.3. The molecule has 0 heterocycles. The molecule has 0 radical (unpaired) electrons. The van der Waals surface area contributed by atoms with Crippen LogP contribution in [-0.2, 0) is 21.4 Å². The fourth-order valence-electron chi connectivity index (χ4n) is 1.87. The minimum absolute atomic E-state index is 0.203. The van der Waals surface area contributed by atoms with E-state index < -0.39 is 22.0 Å². The Morgan fingerprint density at radius 2 is 2.05 bits per heavy atom. The van der Waals surface area contributed by atoms with Gasteiger partial charge in [0, 0.05) is 20.6 Å². The maximum absolute atomic E-state index is 12.0. The number of aliphatic carboxylic acids is 1. The van der Waals surface area contributed by atoms with E-state index in [-0.39, 0.29) is 4.90 Å². The van der Waals surface area contributed by atoms with E-state index in [2.05, 4.69) is 5.32 Å². The van der Waals surface area contributed by atoms with Gasteiger partial charge in [-0.25, -0.2) is 12.7 Å². The summed E-state index contributed by atoms with van der Waals surface area (Å²) in [6.45, 7) is 2.23. The standard InChI is InChI=1S/C14H22N2O4S/c1-4-6-13(14(17)18)15-10-11-7-5-8-12(9-11)21(19,20)16(2)3/h5,7-9,13,15H,4,6,10H2,1-3H3,(H,17,18). The Morgan fingerprint density at radius 1 is 1.38 bits per heavy atom. The highest BCUT2D eigenvalue weighted by Crippen LogP contribution is 2.15. The van der Waals surface area contributed by atoms with Crippen molar-refractivity contribution in [1.29, 1.82) is 0 Å². The molecule has 0 saturated heterocycles. The molecular formula is C14H22N2O4S. The van der Waals surface area contributed by atoms with Crippen molar-refractivity contribution in [3.05, 3.63) is 29.8 Å². The molecule has 2 N–H and O–H groups in total. The van der Waals surface area contributed by atoms with Crippen molar-refractivity contribution in [2.24, 2.45) is 0 Å². The number of sulfonamides is 1. The van der Waals surface area contributed by atoms with Gasteiger partial charge in [0.25, 0.3) is 0 Å². The number of hydrogen-bond acceptors (Lipinski definition) is 4. The quantitative estimate of drug-likeness (QED) is 0.755. The van der Waals surface area contributed by atoms with Crippen molar-refractivity contribution >= 4 is 16.0 Å². The Morgan fingerprint density at radius 3 is 2.57 bits per heavy atom. The smallest absolute Gasteiger partial charge is 0.320 e. The van der Waals surface area contributed by atoms with Crippen LogP contribution in [0.25, 0.3) is 0 Å². The van der Waals surface area contributed by atoms with E-state index in [0.29, 0.717) is 13.0 Å². The highest BCUT2D eigenvalue weighted by molar-refractivity contribution is 7.89. The molecule has 0 fully saturated rings. The van der Waals surface area contributed by atoms with Gasteiger partial charge in [0.1, 0.15) is 6.04 Å². The molecule has 0 bridgehead atoms. The van der Waals surface area contributed by atoms with Gasteiger partial charge in [0.2, 0.25) is 10.0 Å². The summed E-state index contributed by atoms with van der Waals surface area (Å²) >= 11 is 0. The van der Waals surface area contributed by atoms with Crippen molar-refractivity contribution in [3.63, 3.8) is 0 Å². The zero-order chi connectivity index (χ0) is 16.0. The lowest BCUT2D eigenvalue weighted by molar-refractivity contribution is -0.139. The fraction of sp³-hybridized carbons (Fsp3) is 0.500. The first kappa shape index (κ1) is 17.6. The zero-order valence-corrected chi connectivity index (χ0v) is 13.4. The van der Waals surface area contributed by atoms with Gasteiger partial charge in [-0.15, -0.1) is 0 Å². The second-order valence-corrected chi connectivity index (χ2v) is 7.15. The number of hydrogen-bond donors (Lipinski definition) is 2. The molecule has 1 rings (SSSR count). The number of nitrogens with zero attached hydrogens (tertiary/aromatic N) is 1. The Labute approximate surface area is 125 Å². The third kappa shape index (κ3) is 4.80. The van der Waals surface area contributed by atoms with E-state index in [4.69, 9.17) is 5.11 Å². The van der Waals surface area contributed by atoms with Crippen molar-refractivity contribution in [2.45, 2.75) is 37.2 Å². The molecule has 0 spiro atoms. The maximum Gasteiger partial charge on any atom is 0.320 e. The van der Waals surface area contributed by atoms with Crippen LogP contribution < -0.4 is 5.32 Å². The molecule has 6 nitrogen and oxygen atoms in total. The third-order valence-electron chi connectivity index (χ3n) is 3.11. The van der Waals surface area contributed by atoms with Gasteiger partial charge < -0.3 is 10.4 Å². The lowest BCUT2D eigenvalue weighted by Crippen LogP contribution is -2.36. The minimum Gasteiger partial charge on any atom is -0.480 e. The van der Waals surface area contributed by atoms with Crippen LogP contribution in [0.5, 0.6) is 0 Å². The summed E-state index contributed by atoms with van der Waals surface area (Å²) in [5.74, 6) is -0.895. The summed E-state index contributed by atoms with van der Waals surface area (Å²) in [6, 6.07) is 5.89. The Kier molecular flexibility index (Phi) is 6.32. The molecule has 0 saturated carbocycles. The molecule has 0 amide bonds. The van der Waals surface area contributed by atoms with E-state index in [1.165, 1.54) is 20.2 Å². The average molecular weight is 314 g/mol. The van der Waals surface area contributed by atoms with Crippen LogP contribution in [0.15, 0.2) is 29.2 Å². The topological polar surface area (TPSA) is 86.7 Å². The Hall–Kier alpha value is -1.44. The number of benzene rings is 1. The molecular weight excluding hydrogens is 292 g/mol. The van der Waals surface area contributed by atoms with Crippen LogP contribution in [0.2, 0.25) is 0 Å². The normalized spacial score (nSPS) is 13.3. The lowest BCUT2D eigenvalue weighted by atomic mass is 10.1. The van der Waals surface area contributed by atoms with Crippen LogP contribution >= 0.6 is 0 Å². The molecule has 21 heavy (non-hydrogen) atoms. The largest absolute Gasteiger partial charge is 0.480 e. The molecule has 1 aromatic carbocycles. The summed E-state index contributed by atoms with van der Waals surface area (Å²) in [7, 11) is -0.527. The molecule has 0 aromatic heterocycles. The molecule has 0 aliphatic heterocycles. The van der Waals surface area contributed by atoms with Crippen LogP contribution in [-0.4, -0.2) is 43.9 Å². The monoisotopic (exact) mass is 314 g/mol. The fourth-order valence-corrected chi connectivity index (χ4v) is 2.84. The Balaban J connectivity index is 2.85. The second kappa shape index (κ2) is 7.53. The summed E-state index contributed by atoms with van der Waals surface area (Å²) in [5.41, 5.74) is 0.736. The van der Waals surface area contributed by atoms with Crippen molar-refractivity contribution < 1.29 is 18.3 Å². The Bertz CT molecular complexity index is 584. The number of carbonyl (C=O) groups is 1. The molecule has 1 aromatic rings. The van der Waals surface area contributed by atoms with Gasteiger partial charge in [-0.05, 0) is 24.1 Å². The average Bonchev–Trinajstić information content (AvgIpc) is 2.43. The van der Waals surface area contributed by atoms with Gasteiger partial charge in [0.15, 0.2) is 0 Å². The summed E-state index contributed by atoms with van der Waals surface area (Å²) < 4.78 is 25.2. The van der Waals surface area contributed by atoms with Gasteiger partial charge >= 0.3 is 5.97 Å². The SMILES string of the molecule is CCCC(NCc1cccc(S(=O)(=O)N(C)C)c1)C(=O)O. The van der Waals surface area contributed by atoms with E-state index in [1.807, 2.05) is 6.92 Å². The van der Waals surface area contributed by atoms with Crippen molar-refractivity contribution in [1.82, 2.24) is 9.62 Å². The predicted molar refractivity (Wildman–Crippen MR) is 80.5 cm³/mol. The van der Waals surface area contributed by atoms with E-state index >= 15 is 0 Å². The van der Waals surface area contributed by atoms with Crippen LogP contribution in [0.1, 0.15) is 25.3 Å². The summed E-state index contributed by atoms with van der Waals surface area (Å²) in [6.07, 6.45) is 1.30. The minimum atomic E-state index is -3.48. The number of nitrogens with one attached hydrogen (secondary N) is 1. The van der Waals surface area contributed by atoms with Crippen molar-refractivity contribution in [2.75, 3.05) is 14.1 Å². The number of carboxylic acid groups (broad SMARTS) is 1. The summed E-state index contributed by atoms with van der Waals surface area (Å²) in [5, 5.41) is 12.0. The van der Waals surface area contributed by atoms with Gasteiger partial charge in [-0.2, -0.15) is 0 Å². The first-order valence-electron chi connectivity index (χ1n) is 6.76. The molecule has 7 heteroatoms. The van der Waals surface area contributed by atoms with Gasteiger partial charge in [-0.1, -0.05) is 25.5 Å². The number of rotatable bonds is 8. The first-order valence-corrected chi connectivity index (χ1v) is 8.20. The van der Waals surface area contributed by atoms with Crippen LogP contribution in [0.4, 0.5) is 0 Å². The maximum atomic E-state index is 12.0. The second-order valence-electron chi connectivity index (χ2n) is 5.00. The lowest BCUT2D eigenvalue weighted by Gasteiger charge is -2.15. The molecule has 0 aliphatic rings. The molecule has 1 unspecified atom stereocenters. The third-order valence-corrected chi connectivity index (χ3v) is 4.92. The van der Waals surface area contributed by atoms with Crippen LogP contribution in [0, 0.1) is 0 Å². The highest BCUT2D eigenvalue weighted by atomic mass is 32.2. The molecule has 118 valence electrons. The molecule has 0 aliphatic carbocycles. The first-order chi connectivity index (χ1) is 9.78. The highest BCUT2D eigenvalue weighted by Gasteiger charge is 2.18. The van der Waals surface area contributed by atoms with Crippen molar-refractivity contribution in [3.8, 4) is 0 Å². The van der Waals surface area contributed by atoms with E-state index in [0.717, 1.165) is 16.3 Å². The molecule has 1 atom stereocenters. The van der Waals surface area contributed by atoms with Gasteiger partial charge in [-0.3, -0.25) is 4.79 Å². The zero-order valence-electron chi connectivity index (χ0n) is 12.5. The predicted octanol–water partition coefficient (Wildman–Crippen LogP) is 1.28. The van der Waals surface area contributed by atoms with E-state index in [1.54, 1.807) is 18.2 Å².